The molecule has 0 unspecified atom stereocenters. The van der Waals surface area contributed by atoms with Gasteiger partial charge in [-0.15, -0.1) is 0 Å². The zero-order valence-electron chi connectivity index (χ0n) is 11.5. The monoisotopic (exact) mass is 256 g/mol. The Balaban J connectivity index is 2.41. The normalized spacial score (nSPS) is 15.3. The molecule has 18 heavy (non-hydrogen) atoms. The molecule has 5 heteroatoms. The first-order valence-corrected chi connectivity index (χ1v) is 6.63. The Morgan fingerprint density at radius 2 is 2.00 bits per heavy atom. The van der Waals surface area contributed by atoms with Crippen molar-refractivity contribution in [2.24, 2.45) is 5.92 Å². The lowest BCUT2D eigenvalue weighted by Gasteiger charge is -2.30. The molecule has 1 aliphatic carbocycles. The van der Waals surface area contributed by atoms with E-state index < -0.39 is 11.5 Å². The molecular formula is C13H24N2O3. The van der Waals surface area contributed by atoms with Crippen LogP contribution in [0, 0.1) is 5.92 Å². The molecule has 0 aromatic carbocycles. The number of carbonyl (C=O) groups is 2. The maximum atomic E-state index is 12.1. The van der Waals surface area contributed by atoms with E-state index in [1.54, 1.807) is 4.90 Å². The largest absolute Gasteiger partial charge is 0.481 e. The lowest BCUT2D eigenvalue weighted by molar-refractivity contribution is -0.137. The standard InChI is InChI=1S/C13H24N2O3/c1-4-15(9-10-5-6-10)12(18)14-13(2,3)8-7-11(16)17/h10H,4-9H2,1-3H3,(H,14,18)(H,16,17). The number of carboxylic acid groups (broad SMARTS) is 1. The van der Waals surface area contributed by atoms with Crippen molar-refractivity contribution < 1.29 is 14.7 Å². The molecule has 0 heterocycles. The predicted molar refractivity (Wildman–Crippen MR) is 69.5 cm³/mol. The third kappa shape index (κ3) is 5.38. The minimum atomic E-state index is -0.831. The Morgan fingerprint density at radius 1 is 1.39 bits per heavy atom. The number of hydrogen-bond donors (Lipinski definition) is 2. The first-order valence-electron chi connectivity index (χ1n) is 6.63. The van der Waals surface area contributed by atoms with Crippen molar-refractivity contribution in [2.45, 2.75) is 52.0 Å². The highest BCUT2D eigenvalue weighted by Gasteiger charge is 2.28. The molecule has 0 aromatic rings. The Bertz CT molecular complexity index is 311. The molecule has 104 valence electrons. The van der Waals surface area contributed by atoms with Gasteiger partial charge < -0.3 is 15.3 Å². The van der Waals surface area contributed by atoms with E-state index in [-0.39, 0.29) is 12.5 Å². The van der Waals surface area contributed by atoms with E-state index in [4.69, 9.17) is 5.11 Å². The fraction of sp³-hybridized carbons (Fsp3) is 0.846. The highest BCUT2D eigenvalue weighted by Crippen LogP contribution is 2.29. The van der Waals surface area contributed by atoms with Gasteiger partial charge in [0.1, 0.15) is 0 Å². The molecule has 0 spiro atoms. The topological polar surface area (TPSA) is 69.6 Å². The second kappa shape index (κ2) is 6.07. The van der Waals surface area contributed by atoms with E-state index in [2.05, 4.69) is 5.32 Å². The van der Waals surface area contributed by atoms with Gasteiger partial charge in [-0.05, 0) is 46.0 Å². The van der Waals surface area contributed by atoms with E-state index >= 15 is 0 Å². The third-order valence-corrected chi connectivity index (χ3v) is 3.25. The van der Waals surface area contributed by atoms with Gasteiger partial charge in [-0.25, -0.2) is 4.79 Å². The summed E-state index contributed by atoms with van der Waals surface area (Å²) in [5.74, 6) is -0.166. The van der Waals surface area contributed by atoms with Crippen molar-refractivity contribution in [2.75, 3.05) is 13.1 Å². The summed E-state index contributed by atoms with van der Waals surface area (Å²) in [4.78, 5) is 24.4. The number of carboxylic acids is 1. The fourth-order valence-electron chi connectivity index (χ4n) is 1.82. The van der Waals surface area contributed by atoms with Gasteiger partial charge in [-0.3, -0.25) is 4.79 Å². The van der Waals surface area contributed by atoms with Crippen LogP contribution in [0.5, 0.6) is 0 Å². The molecule has 0 atom stereocenters. The van der Waals surface area contributed by atoms with Gasteiger partial charge in [0, 0.05) is 25.0 Å². The molecule has 1 saturated carbocycles. The lowest BCUT2D eigenvalue weighted by atomic mass is 9.99. The van der Waals surface area contributed by atoms with E-state index in [1.165, 1.54) is 12.8 Å². The number of aliphatic carboxylic acids is 1. The van der Waals surface area contributed by atoms with Crippen molar-refractivity contribution in [3.05, 3.63) is 0 Å². The summed E-state index contributed by atoms with van der Waals surface area (Å²) in [6, 6.07) is -0.0835. The second-order valence-corrected chi connectivity index (χ2v) is 5.69. The van der Waals surface area contributed by atoms with Crippen LogP contribution in [0.2, 0.25) is 0 Å². The number of rotatable bonds is 7. The molecule has 2 amide bonds. The van der Waals surface area contributed by atoms with E-state index in [0.29, 0.717) is 18.9 Å². The molecule has 0 radical (unpaired) electrons. The summed E-state index contributed by atoms with van der Waals surface area (Å²) in [5.41, 5.74) is -0.480. The molecule has 0 aliphatic heterocycles. The summed E-state index contributed by atoms with van der Waals surface area (Å²) in [6.07, 6.45) is 2.94. The molecule has 2 N–H and O–H groups in total. The highest BCUT2D eigenvalue weighted by molar-refractivity contribution is 5.75. The number of hydrogen-bond acceptors (Lipinski definition) is 2. The van der Waals surface area contributed by atoms with E-state index in [0.717, 1.165) is 6.54 Å². The molecule has 1 fully saturated rings. The van der Waals surface area contributed by atoms with Crippen LogP contribution in [-0.2, 0) is 4.79 Å². The van der Waals surface area contributed by atoms with Crippen LogP contribution in [0.25, 0.3) is 0 Å². The van der Waals surface area contributed by atoms with Crippen LogP contribution < -0.4 is 5.32 Å². The van der Waals surface area contributed by atoms with Gasteiger partial charge >= 0.3 is 12.0 Å². The fourth-order valence-corrected chi connectivity index (χ4v) is 1.82. The summed E-state index contributed by atoms with van der Waals surface area (Å²) in [6.45, 7) is 7.19. The molecule has 0 bridgehead atoms. The van der Waals surface area contributed by atoms with Gasteiger partial charge in [-0.1, -0.05) is 0 Å². The van der Waals surface area contributed by atoms with E-state index in [1.807, 2.05) is 20.8 Å². The van der Waals surface area contributed by atoms with Crippen LogP contribution in [0.3, 0.4) is 0 Å². The average molecular weight is 256 g/mol. The predicted octanol–water partition coefficient (Wildman–Crippen LogP) is 2.07. The highest BCUT2D eigenvalue weighted by atomic mass is 16.4. The zero-order chi connectivity index (χ0) is 13.8. The molecule has 5 nitrogen and oxygen atoms in total. The lowest BCUT2D eigenvalue weighted by Crippen LogP contribution is -2.50. The van der Waals surface area contributed by atoms with Crippen molar-refractivity contribution in [3.8, 4) is 0 Å². The molecule has 0 saturated heterocycles. The maximum Gasteiger partial charge on any atom is 0.317 e. The van der Waals surface area contributed by atoms with Crippen molar-refractivity contribution in [1.82, 2.24) is 10.2 Å². The van der Waals surface area contributed by atoms with Gasteiger partial charge in [-0.2, -0.15) is 0 Å². The maximum absolute atomic E-state index is 12.1. The van der Waals surface area contributed by atoms with Gasteiger partial charge in [0.25, 0.3) is 0 Å². The Labute approximate surface area is 109 Å². The first kappa shape index (κ1) is 14.8. The quantitative estimate of drug-likeness (QED) is 0.732. The Morgan fingerprint density at radius 3 is 2.44 bits per heavy atom. The van der Waals surface area contributed by atoms with Gasteiger partial charge in [0.05, 0.1) is 0 Å². The smallest absolute Gasteiger partial charge is 0.317 e. The number of nitrogens with zero attached hydrogens (tertiary/aromatic N) is 1. The summed E-state index contributed by atoms with van der Waals surface area (Å²) >= 11 is 0. The van der Waals surface area contributed by atoms with Crippen molar-refractivity contribution in [1.29, 1.82) is 0 Å². The number of nitrogens with one attached hydrogen (secondary N) is 1. The minimum Gasteiger partial charge on any atom is -0.481 e. The molecule has 0 aromatic heterocycles. The van der Waals surface area contributed by atoms with Crippen LogP contribution >= 0.6 is 0 Å². The number of urea groups is 1. The second-order valence-electron chi connectivity index (χ2n) is 5.69. The number of carbonyl (C=O) groups excluding carboxylic acids is 1. The van der Waals surface area contributed by atoms with Gasteiger partial charge in [0.15, 0.2) is 0 Å². The van der Waals surface area contributed by atoms with Gasteiger partial charge in [0.2, 0.25) is 0 Å². The first-order chi connectivity index (χ1) is 8.34. The summed E-state index contributed by atoms with van der Waals surface area (Å²) < 4.78 is 0. The summed E-state index contributed by atoms with van der Waals surface area (Å²) in [5, 5.41) is 11.6. The molecule has 1 rings (SSSR count). The summed E-state index contributed by atoms with van der Waals surface area (Å²) in [7, 11) is 0. The average Bonchev–Trinajstić information content (AvgIpc) is 3.06. The van der Waals surface area contributed by atoms with Crippen LogP contribution in [0.15, 0.2) is 0 Å². The van der Waals surface area contributed by atoms with Crippen molar-refractivity contribution >= 4 is 12.0 Å². The SMILES string of the molecule is CCN(CC1CC1)C(=O)NC(C)(C)CCC(=O)O. The minimum absolute atomic E-state index is 0.0715. The Kier molecular flexibility index (Phi) is 4.99. The molecular weight excluding hydrogens is 232 g/mol. The third-order valence-electron chi connectivity index (χ3n) is 3.25. The van der Waals surface area contributed by atoms with Crippen LogP contribution in [0.4, 0.5) is 4.79 Å². The molecule has 1 aliphatic rings. The Hall–Kier alpha value is -1.26. The number of amides is 2. The van der Waals surface area contributed by atoms with E-state index in [9.17, 15) is 9.59 Å². The van der Waals surface area contributed by atoms with Crippen LogP contribution in [0.1, 0.15) is 46.5 Å². The van der Waals surface area contributed by atoms with Crippen LogP contribution in [-0.4, -0.2) is 40.6 Å². The van der Waals surface area contributed by atoms with Crippen molar-refractivity contribution in [3.63, 3.8) is 0 Å². The zero-order valence-corrected chi connectivity index (χ0v) is 11.5.